The lowest BCUT2D eigenvalue weighted by Crippen LogP contribution is -2.00. The molecule has 0 aromatic heterocycles. The van der Waals surface area contributed by atoms with Crippen molar-refractivity contribution in [2.24, 2.45) is 0 Å². The molecule has 1 aromatic rings. The number of aliphatic hydroxyl groups excluding tert-OH is 2. The third kappa shape index (κ3) is 4.95. The molecule has 0 amide bonds. The normalized spacial score (nSPS) is 10.6. The van der Waals surface area contributed by atoms with Crippen LogP contribution in [0.3, 0.4) is 0 Å². The molecule has 0 spiro atoms. The van der Waals surface area contributed by atoms with Gasteiger partial charge in [0.2, 0.25) is 0 Å². The average molecular weight is 368 g/mol. The summed E-state index contributed by atoms with van der Waals surface area (Å²) in [7, 11) is 0. The van der Waals surface area contributed by atoms with E-state index in [-0.39, 0.29) is 13.2 Å². The van der Waals surface area contributed by atoms with Crippen LogP contribution in [0.15, 0.2) is 21.1 Å². The predicted molar refractivity (Wildman–Crippen MR) is 74.2 cm³/mol. The summed E-state index contributed by atoms with van der Waals surface area (Å²) in [5.74, 6) is 0.756. The van der Waals surface area contributed by atoms with E-state index in [1.165, 1.54) is 0 Å². The first-order chi connectivity index (χ1) is 8.19. The minimum atomic E-state index is 0.00792. The lowest BCUT2D eigenvalue weighted by molar-refractivity contribution is 0.264. The van der Waals surface area contributed by atoms with Gasteiger partial charge in [0.05, 0.1) is 22.2 Å². The van der Waals surface area contributed by atoms with Crippen molar-refractivity contribution in [3.05, 3.63) is 26.6 Å². The topological polar surface area (TPSA) is 49.7 Å². The molecule has 0 radical (unpaired) electrons. The number of benzene rings is 1. The Hall–Kier alpha value is -0.100. The molecule has 1 rings (SSSR count). The monoisotopic (exact) mass is 366 g/mol. The third-order valence-corrected chi connectivity index (χ3v) is 3.47. The van der Waals surface area contributed by atoms with Crippen LogP contribution in [0.25, 0.3) is 0 Å². The molecule has 3 nitrogen and oxygen atoms in total. The maximum atomic E-state index is 9.04. The fourth-order valence-electron chi connectivity index (χ4n) is 1.41. The minimum Gasteiger partial charge on any atom is -0.491 e. The van der Waals surface area contributed by atoms with E-state index < -0.39 is 0 Å². The van der Waals surface area contributed by atoms with Gasteiger partial charge in [0.25, 0.3) is 0 Å². The van der Waals surface area contributed by atoms with Crippen molar-refractivity contribution in [3.8, 4) is 5.75 Å². The number of rotatable bonds is 7. The van der Waals surface area contributed by atoms with Gasteiger partial charge >= 0.3 is 0 Å². The van der Waals surface area contributed by atoms with E-state index in [1.807, 2.05) is 12.1 Å². The lowest BCUT2D eigenvalue weighted by atomic mass is 10.2. The Morgan fingerprint density at radius 3 is 2.18 bits per heavy atom. The van der Waals surface area contributed by atoms with Gasteiger partial charge in [-0.25, -0.2) is 0 Å². The highest BCUT2D eigenvalue weighted by atomic mass is 79.9. The highest BCUT2D eigenvalue weighted by Gasteiger charge is 2.08. The Kier molecular flexibility index (Phi) is 7.11. The van der Waals surface area contributed by atoms with E-state index in [0.29, 0.717) is 6.61 Å². The molecule has 0 aliphatic carbocycles. The molecule has 0 aliphatic heterocycles. The Morgan fingerprint density at radius 2 is 1.65 bits per heavy atom. The zero-order valence-corrected chi connectivity index (χ0v) is 12.6. The Labute approximate surface area is 118 Å². The van der Waals surface area contributed by atoms with Crippen molar-refractivity contribution in [2.75, 3.05) is 13.2 Å². The first-order valence-corrected chi connectivity index (χ1v) is 7.10. The lowest BCUT2D eigenvalue weighted by Gasteiger charge is -2.11. The summed E-state index contributed by atoms with van der Waals surface area (Å²) in [4.78, 5) is 0. The van der Waals surface area contributed by atoms with Gasteiger partial charge in [-0.2, -0.15) is 0 Å². The van der Waals surface area contributed by atoms with E-state index >= 15 is 0 Å². The fourth-order valence-corrected chi connectivity index (χ4v) is 2.92. The smallest absolute Gasteiger partial charge is 0.147 e. The van der Waals surface area contributed by atoms with Crippen molar-refractivity contribution in [1.29, 1.82) is 0 Å². The highest BCUT2D eigenvalue weighted by molar-refractivity contribution is 9.11. The van der Waals surface area contributed by atoms with Gasteiger partial charge in [0.1, 0.15) is 5.75 Å². The fraction of sp³-hybridized carbons (Fsp3) is 0.500. The van der Waals surface area contributed by atoms with Crippen molar-refractivity contribution in [1.82, 2.24) is 0 Å². The number of hydrogen-bond donors (Lipinski definition) is 2. The standard InChI is InChI=1S/C12H16Br2O3/c13-10-6-9(8-16)7-11(14)12(10)17-5-3-1-2-4-15/h6-7,15-16H,1-5,8H2. The number of unbranched alkanes of at least 4 members (excludes halogenated alkanes) is 2. The number of hydrogen-bond acceptors (Lipinski definition) is 3. The SMILES string of the molecule is OCCCCCOc1c(Br)cc(CO)cc1Br. The van der Waals surface area contributed by atoms with Crippen LogP contribution in [0, 0.1) is 0 Å². The summed E-state index contributed by atoms with van der Waals surface area (Å²) in [5.41, 5.74) is 0.830. The molecule has 0 saturated carbocycles. The van der Waals surface area contributed by atoms with Crippen molar-refractivity contribution >= 4 is 31.9 Å². The van der Waals surface area contributed by atoms with E-state index in [2.05, 4.69) is 31.9 Å². The summed E-state index contributed by atoms with van der Waals surface area (Å²) >= 11 is 6.83. The second-order valence-corrected chi connectivity index (χ2v) is 5.39. The molecular formula is C12H16Br2O3. The molecular weight excluding hydrogens is 352 g/mol. The molecule has 17 heavy (non-hydrogen) atoms. The molecule has 0 heterocycles. The first-order valence-electron chi connectivity index (χ1n) is 5.51. The van der Waals surface area contributed by atoms with Gasteiger partial charge in [-0.05, 0) is 68.8 Å². The molecule has 0 atom stereocenters. The van der Waals surface area contributed by atoms with Gasteiger partial charge in [-0.1, -0.05) is 0 Å². The summed E-state index contributed by atoms with van der Waals surface area (Å²) < 4.78 is 7.32. The van der Waals surface area contributed by atoms with Gasteiger partial charge in [0.15, 0.2) is 0 Å². The Bertz CT molecular complexity index is 333. The number of ether oxygens (including phenoxy) is 1. The van der Waals surface area contributed by atoms with Crippen molar-refractivity contribution in [2.45, 2.75) is 25.9 Å². The molecule has 0 saturated heterocycles. The molecule has 0 fully saturated rings. The largest absolute Gasteiger partial charge is 0.491 e. The summed E-state index contributed by atoms with van der Waals surface area (Å²) in [5, 5.41) is 17.7. The van der Waals surface area contributed by atoms with Crippen LogP contribution >= 0.6 is 31.9 Å². The quantitative estimate of drug-likeness (QED) is 0.727. The summed E-state index contributed by atoms with van der Waals surface area (Å²) in [6.07, 6.45) is 2.69. The van der Waals surface area contributed by atoms with Crippen LogP contribution < -0.4 is 4.74 Å². The molecule has 96 valence electrons. The molecule has 1 aromatic carbocycles. The zero-order valence-electron chi connectivity index (χ0n) is 9.46. The van der Waals surface area contributed by atoms with Gasteiger partial charge in [-0.15, -0.1) is 0 Å². The Balaban J connectivity index is 2.53. The van der Waals surface area contributed by atoms with Gasteiger partial charge in [-0.3, -0.25) is 0 Å². The first kappa shape index (κ1) is 15.0. The van der Waals surface area contributed by atoms with Crippen LogP contribution in [0.5, 0.6) is 5.75 Å². The van der Waals surface area contributed by atoms with E-state index in [9.17, 15) is 0 Å². The van der Waals surface area contributed by atoms with E-state index in [0.717, 1.165) is 39.5 Å². The summed E-state index contributed by atoms with van der Waals surface area (Å²) in [6, 6.07) is 3.68. The highest BCUT2D eigenvalue weighted by Crippen LogP contribution is 2.34. The number of halogens is 2. The van der Waals surface area contributed by atoms with Gasteiger partial charge < -0.3 is 14.9 Å². The molecule has 2 N–H and O–H groups in total. The summed E-state index contributed by atoms with van der Waals surface area (Å²) in [6.45, 7) is 0.863. The van der Waals surface area contributed by atoms with Crippen LogP contribution in [0.4, 0.5) is 0 Å². The molecule has 0 bridgehead atoms. The molecule has 0 unspecified atom stereocenters. The number of aliphatic hydroxyl groups is 2. The van der Waals surface area contributed by atoms with Crippen LogP contribution in [-0.2, 0) is 6.61 Å². The van der Waals surface area contributed by atoms with Crippen LogP contribution in [-0.4, -0.2) is 23.4 Å². The van der Waals surface area contributed by atoms with E-state index in [1.54, 1.807) is 0 Å². The second-order valence-electron chi connectivity index (χ2n) is 3.68. The maximum Gasteiger partial charge on any atom is 0.147 e. The van der Waals surface area contributed by atoms with Crippen LogP contribution in [0.2, 0.25) is 0 Å². The van der Waals surface area contributed by atoms with Crippen molar-refractivity contribution < 1.29 is 14.9 Å². The Morgan fingerprint density at radius 1 is 1.00 bits per heavy atom. The maximum absolute atomic E-state index is 9.04. The molecule has 5 heteroatoms. The van der Waals surface area contributed by atoms with Crippen LogP contribution in [0.1, 0.15) is 24.8 Å². The third-order valence-electron chi connectivity index (χ3n) is 2.29. The average Bonchev–Trinajstić information content (AvgIpc) is 2.31. The predicted octanol–water partition coefficient (Wildman–Crippen LogP) is 3.25. The van der Waals surface area contributed by atoms with E-state index in [4.69, 9.17) is 14.9 Å². The van der Waals surface area contributed by atoms with Crippen molar-refractivity contribution in [3.63, 3.8) is 0 Å². The minimum absolute atomic E-state index is 0.00792. The molecule has 0 aliphatic rings. The zero-order chi connectivity index (χ0) is 12.7. The second kappa shape index (κ2) is 8.08. The van der Waals surface area contributed by atoms with Gasteiger partial charge in [0, 0.05) is 6.61 Å².